The van der Waals surface area contributed by atoms with Gasteiger partial charge in [-0.15, -0.1) is 0 Å². The van der Waals surface area contributed by atoms with Gasteiger partial charge < -0.3 is 0 Å². The minimum Gasteiger partial charge on any atom is -0.249 e. The number of hydrogen-bond donors (Lipinski definition) is 0. The quantitative estimate of drug-likeness (QED) is 0.0282. The zero-order valence-corrected chi connectivity index (χ0v) is 70.7. The molecule has 0 aliphatic carbocycles. The molecule has 0 radical (unpaired) electrons. The van der Waals surface area contributed by atoms with Crippen molar-refractivity contribution in [2.24, 2.45) is 35.5 Å². The van der Waals surface area contributed by atoms with E-state index >= 15 is 0 Å². The van der Waals surface area contributed by atoms with Crippen molar-refractivity contribution in [2.45, 2.75) is 293 Å². The Morgan fingerprint density at radius 1 is 0.356 bits per heavy atom. The molecule has 502 valence electrons. The zero-order valence-electron chi connectivity index (χ0n) is 60.2. The van der Waals surface area contributed by atoms with E-state index in [2.05, 4.69) is 169 Å². The Bertz CT molecular complexity index is 3040. The van der Waals surface area contributed by atoms with E-state index in [9.17, 15) is 0 Å². The zero-order chi connectivity index (χ0) is 65.7. The van der Waals surface area contributed by atoms with Gasteiger partial charge in [-0.1, -0.05) is 158 Å². The van der Waals surface area contributed by atoms with E-state index in [1.54, 1.807) is 5.79 Å². The normalized spacial score (nSPS) is 14.4. The summed E-state index contributed by atoms with van der Waals surface area (Å²) in [4.78, 5) is 37.5. The number of nitrogens with zero attached hydrogens (tertiary/aromatic N) is 4. The third-order valence-electron chi connectivity index (χ3n) is 19.9. The van der Waals surface area contributed by atoms with Crippen LogP contribution in [0.2, 0.25) is 29.6 Å². The van der Waals surface area contributed by atoms with Crippen LogP contribution in [0.5, 0.6) is 11.5 Å². The van der Waals surface area contributed by atoms with Crippen LogP contribution in [-0.2, 0) is 25.7 Å². The van der Waals surface area contributed by atoms with E-state index in [4.69, 9.17) is 29.4 Å². The number of unbranched alkanes of at least 4 members (excludes halogenated alkanes) is 6. The van der Waals surface area contributed by atoms with Gasteiger partial charge in [-0.2, -0.15) is 0 Å². The number of fused-ring (bicyclic) bond motifs is 7. The summed E-state index contributed by atoms with van der Waals surface area (Å²) >= 11 is 7.52. The maximum absolute atomic E-state index is 6.90. The molecule has 90 heavy (non-hydrogen) atoms. The number of thiophene rings is 2. The maximum atomic E-state index is 6.90. The SMILES string of the molecule is CCCCC(CC)COc1c2c[c]([Sn]([CH3])([CH3])[CH3])sc2c(OCC(CC)CCCC)c2c[c]([Sn]([CH3])([CH3])[CH3])sc12.CCCCC(CC)Cc1nc2c(Br)cc3c(cc(Br)c4nc(CC(CC)CCCC)c(CC(CC)CCCC)nc43)c2nc1CC(CC)CCCC. The Morgan fingerprint density at radius 3 is 0.856 bits per heavy atom. The molecule has 0 N–H and O–H groups in total. The molecule has 4 heterocycles. The van der Waals surface area contributed by atoms with Gasteiger partial charge in [-0.05, 0) is 93.3 Å². The molecule has 0 aliphatic rings. The molecule has 6 atom stereocenters. The number of halogens is 2. The summed E-state index contributed by atoms with van der Waals surface area (Å²) in [5.74, 6) is 6.09. The van der Waals surface area contributed by atoms with Crippen molar-refractivity contribution >= 4 is 150 Å². The molecular weight excluding hydrogens is 1490 g/mol. The Labute approximate surface area is 582 Å². The van der Waals surface area contributed by atoms with Gasteiger partial charge in [0.25, 0.3) is 0 Å². The van der Waals surface area contributed by atoms with E-state index in [0.717, 1.165) is 92.2 Å². The topological polar surface area (TPSA) is 70.0 Å². The van der Waals surface area contributed by atoms with Crippen LogP contribution in [0, 0.1) is 35.5 Å². The molecule has 0 saturated carbocycles. The van der Waals surface area contributed by atoms with Crippen LogP contribution in [-0.4, -0.2) is 69.9 Å². The average molecular weight is 1610 g/mol. The van der Waals surface area contributed by atoms with E-state index < -0.39 is 36.8 Å². The van der Waals surface area contributed by atoms with Crippen LogP contribution in [0.4, 0.5) is 0 Å². The van der Waals surface area contributed by atoms with Crippen molar-refractivity contribution < 1.29 is 9.47 Å². The minimum atomic E-state index is -2.28. The fraction of sp³-hybridized carbons (Fsp3) is 0.692. The van der Waals surface area contributed by atoms with Gasteiger partial charge in [0.05, 0.1) is 33.8 Å². The van der Waals surface area contributed by atoms with E-state index in [1.807, 2.05) is 22.7 Å². The molecule has 0 aliphatic heterocycles. The number of aromatic nitrogens is 4. The molecule has 6 nitrogen and oxygen atoms in total. The van der Waals surface area contributed by atoms with Gasteiger partial charge in [-0.3, -0.25) is 0 Å². The molecule has 0 bridgehead atoms. The van der Waals surface area contributed by atoms with E-state index in [-0.39, 0.29) is 0 Å². The summed E-state index contributed by atoms with van der Waals surface area (Å²) in [6.07, 6.45) is 33.8. The minimum absolute atomic E-state index is 0.626. The summed E-state index contributed by atoms with van der Waals surface area (Å²) in [6.45, 7) is 29.5. The number of rotatable bonds is 40. The van der Waals surface area contributed by atoms with Crippen LogP contribution in [0.1, 0.15) is 260 Å². The molecule has 0 saturated heterocycles. The van der Waals surface area contributed by atoms with Gasteiger partial charge in [0, 0.05) is 19.7 Å². The fourth-order valence-electron chi connectivity index (χ4n) is 13.1. The van der Waals surface area contributed by atoms with Gasteiger partial charge in [-0.25, -0.2) is 19.9 Å². The van der Waals surface area contributed by atoms with E-state index in [0.29, 0.717) is 35.5 Å². The third kappa shape index (κ3) is 21.3. The summed E-state index contributed by atoms with van der Waals surface area (Å²) in [5, 5.41) is 4.89. The summed E-state index contributed by atoms with van der Waals surface area (Å²) in [7, 11) is 0. The smallest absolute Gasteiger partial charge is 0.104 e. The van der Waals surface area contributed by atoms with Crippen LogP contribution in [0.25, 0.3) is 53.0 Å². The van der Waals surface area contributed by atoms with Crippen LogP contribution in [0.3, 0.4) is 0 Å². The predicted octanol–water partition coefficient (Wildman–Crippen LogP) is 25.7. The fourth-order valence-corrected chi connectivity index (χ4v) is 26.9. The third-order valence-corrected chi connectivity index (χ3v) is 42.2. The molecule has 3 aromatic carbocycles. The first kappa shape index (κ1) is 77.7. The van der Waals surface area contributed by atoms with Crippen LogP contribution >= 0.6 is 54.5 Å². The van der Waals surface area contributed by atoms with Crippen molar-refractivity contribution in [3.05, 3.63) is 56.0 Å². The number of hydrogen-bond acceptors (Lipinski definition) is 8. The monoisotopic (exact) mass is 1610 g/mol. The van der Waals surface area contributed by atoms with Crippen molar-refractivity contribution in [3.63, 3.8) is 0 Å². The average Bonchev–Trinajstić information content (AvgIpc) is 1.40. The Hall–Kier alpha value is -1.32. The molecule has 12 heteroatoms. The Morgan fingerprint density at radius 2 is 0.611 bits per heavy atom. The second-order valence-electron chi connectivity index (χ2n) is 29.2. The standard InChI is InChI=1S/C46H70Br2N4.C26H36O2S2.6CH3.2Sn/c1-9-17-21-31(13-5)25-39-41(27-33(15-7)23-19-11-3)51-45-37(47)30-36-35(43(45)49-39)29-38(48)46-44(36)50-40(26-32(14-6)22-18-10-2)42(52-46)28-34(16-8)24-20-12-4;1-5-9-11-19(7-3)17-27-23-21-13-15-30-26(21)24(22-14-16-29-25(22)23)28-18-20(8-4)12-10-6-2;;;;;;;;/h29-34H,9-28H2,1-8H3;13-14,19-20H,5-12,17-18H2,1-4H3;6*1H3;;. The Kier molecular flexibility index (Phi) is 33.3. The van der Waals surface area contributed by atoms with Gasteiger partial charge in [0.2, 0.25) is 0 Å². The summed E-state index contributed by atoms with van der Waals surface area (Å²) in [5.41, 5.74) is 8.77. The van der Waals surface area contributed by atoms with Crippen LogP contribution in [0.15, 0.2) is 33.2 Å². The second kappa shape index (κ2) is 38.6. The molecule has 6 unspecified atom stereocenters. The number of benzene rings is 3. The summed E-state index contributed by atoms with van der Waals surface area (Å²) < 4.78 is 21.7. The van der Waals surface area contributed by atoms with E-state index in [1.165, 1.54) is 197 Å². The molecule has 0 fully saturated rings. The van der Waals surface area contributed by atoms with Crippen molar-refractivity contribution in [3.8, 4) is 11.5 Å². The predicted molar refractivity (Wildman–Crippen MR) is 414 cm³/mol. The molecule has 7 aromatic rings. The Balaban J connectivity index is 0.000000301. The first-order valence-electron chi connectivity index (χ1n) is 36.8. The first-order chi connectivity index (χ1) is 43.2. The largest absolute Gasteiger partial charge is 0.249 e. The molecule has 4 aromatic heterocycles. The summed E-state index contributed by atoms with van der Waals surface area (Å²) in [6, 6.07) is 9.55. The molecule has 7 rings (SSSR count). The van der Waals surface area contributed by atoms with Gasteiger partial charge >= 0.3 is 252 Å². The van der Waals surface area contributed by atoms with Crippen molar-refractivity contribution in [1.82, 2.24) is 19.9 Å². The maximum Gasteiger partial charge on any atom is 0.104 e. The second-order valence-corrected chi connectivity index (χ2v) is 63.9. The number of ether oxygens (including phenoxy) is 2. The first-order valence-corrected chi connectivity index (χ1v) is 60.0. The van der Waals surface area contributed by atoms with Gasteiger partial charge in [0.15, 0.2) is 0 Å². The van der Waals surface area contributed by atoms with Crippen molar-refractivity contribution in [2.75, 3.05) is 13.2 Å². The van der Waals surface area contributed by atoms with Crippen LogP contribution < -0.4 is 15.3 Å². The molecule has 0 spiro atoms. The molecular formula is C78H124Br2N4O2S2Sn2. The molecule has 0 amide bonds. The van der Waals surface area contributed by atoms with Crippen molar-refractivity contribution in [1.29, 1.82) is 0 Å². The van der Waals surface area contributed by atoms with Gasteiger partial charge in [0.1, 0.15) is 11.0 Å².